The maximum atomic E-state index is 3.40. The van der Waals surface area contributed by atoms with Crippen molar-refractivity contribution in [2.24, 2.45) is 0 Å². The van der Waals surface area contributed by atoms with Crippen LogP contribution < -0.4 is 5.32 Å². The van der Waals surface area contributed by atoms with Crippen molar-refractivity contribution < 1.29 is 0 Å². The lowest BCUT2D eigenvalue weighted by Crippen LogP contribution is -2.12. The monoisotopic (exact) mass is 195 g/mol. The van der Waals surface area contributed by atoms with Crippen LogP contribution in [0.1, 0.15) is 18.9 Å². The van der Waals surface area contributed by atoms with Crippen LogP contribution in [-0.4, -0.2) is 11.6 Å². The quantitative estimate of drug-likeness (QED) is 0.553. The van der Waals surface area contributed by atoms with Crippen molar-refractivity contribution in [3.63, 3.8) is 0 Å². The van der Waals surface area contributed by atoms with Crippen molar-refractivity contribution in [2.75, 3.05) is 11.6 Å². The molecule has 0 fully saturated rings. The highest BCUT2D eigenvalue weighted by atomic mass is 32.2. The third-order valence-corrected chi connectivity index (χ3v) is 2.83. The highest BCUT2D eigenvalue weighted by Gasteiger charge is 1.89. The summed E-state index contributed by atoms with van der Waals surface area (Å²) in [6, 6.07) is 10.5. The highest BCUT2D eigenvalue weighted by molar-refractivity contribution is 7.99. The molecule has 0 amide bonds. The average molecular weight is 195 g/mol. The molecule has 0 aliphatic carbocycles. The molecule has 0 radical (unpaired) electrons. The Morgan fingerprint density at radius 3 is 2.69 bits per heavy atom. The number of hydrogen-bond donors (Lipinski definition) is 1. The van der Waals surface area contributed by atoms with E-state index in [9.17, 15) is 0 Å². The molecule has 0 heterocycles. The summed E-state index contributed by atoms with van der Waals surface area (Å²) in [5.74, 6) is 2.31. The van der Waals surface area contributed by atoms with Gasteiger partial charge in [0.2, 0.25) is 0 Å². The Balaban J connectivity index is 2.07. The minimum absolute atomic E-state index is 0.984. The molecule has 1 rings (SSSR count). The summed E-state index contributed by atoms with van der Waals surface area (Å²) in [7, 11) is 0. The summed E-state index contributed by atoms with van der Waals surface area (Å²) < 4.78 is 0. The molecule has 0 unspecified atom stereocenters. The van der Waals surface area contributed by atoms with Gasteiger partial charge in [-0.1, -0.05) is 37.3 Å². The van der Waals surface area contributed by atoms with Gasteiger partial charge in [-0.25, -0.2) is 0 Å². The Morgan fingerprint density at radius 1 is 1.23 bits per heavy atom. The van der Waals surface area contributed by atoms with Crippen molar-refractivity contribution >= 4 is 11.8 Å². The number of benzene rings is 1. The van der Waals surface area contributed by atoms with Gasteiger partial charge in [0, 0.05) is 12.4 Å². The number of nitrogens with one attached hydrogen (secondary N) is 1. The maximum Gasteiger partial charge on any atom is 0.0420 e. The van der Waals surface area contributed by atoms with Crippen LogP contribution in [0, 0.1) is 0 Å². The van der Waals surface area contributed by atoms with Gasteiger partial charge in [0.05, 0.1) is 0 Å². The summed E-state index contributed by atoms with van der Waals surface area (Å²) >= 11 is 1.96. The van der Waals surface area contributed by atoms with Crippen molar-refractivity contribution in [3.05, 3.63) is 35.9 Å². The van der Waals surface area contributed by atoms with E-state index in [0.29, 0.717) is 0 Å². The maximum absolute atomic E-state index is 3.40. The minimum atomic E-state index is 0.984. The fourth-order valence-corrected chi connectivity index (χ4v) is 1.76. The standard InChI is InChI=1S/C11H17NS/c1-2-8-13-10-12-9-11-6-4-3-5-7-11/h3-7,12H,2,8-10H2,1H3. The molecule has 72 valence electrons. The number of hydrogen-bond acceptors (Lipinski definition) is 2. The topological polar surface area (TPSA) is 12.0 Å². The summed E-state index contributed by atoms with van der Waals surface area (Å²) in [6.07, 6.45) is 1.26. The van der Waals surface area contributed by atoms with E-state index >= 15 is 0 Å². The minimum Gasteiger partial charge on any atom is -0.304 e. The first-order chi connectivity index (χ1) is 6.43. The third kappa shape index (κ3) is 4.96. The van der Waals surface area contributed by atoms with Gasteiger partial charge in [-0.2, -0.15) is 0 Å². The molecule has 1 aromatic carbocycles. The van der Waals surface area contributed by atoms with Gasteiger partial charge < -0.3 is 5.32 Å². The van der Waals surface area contributed by atoms with E-state index in [1.807, 2.05) is 11.8 Å². The first-order valence-corrected chi connectivity index (χ1v) is 5.91. The first-order valence-electron chi connectivity index (χ1n) is 4.76. The van der Waals surface area contributed by atoms with Gasteiger partial charge in [-0.05, 0) is 17.7 Å². The third-order valence-electron chi connectivity index (χ3n) is 1.72. The van der Waals surface area contributed by atoms with Crippen LogP contribution in [0.3, 0.4) is 0 Å². The first kappa shape index (κ1) is 10.6. The van der Waals surface area contributed by atoms with E-state index in [-0.39, 0.29) is 0 Å². The highest BCUT2D eigenvalue weighted by Crippen LogP contribution is 2.01. The van der Waals surface area contributed by atoms with Crippen LogP contribution in [0.4, 0.5) is 0 Å². The molecule has 0 saturated heterocycles. The Kier molecular flexibility index (Phi) is 5.70. The van der Waals surface area contributed by atoms with Gasteiger partial charge in [-0.15, -0.1) is 11.8 Å². The fraction of sp³-hybridized carbons (Fsp3) is 0.455. The lowest BCUT2D eigenvalue weighted by Gasteiger charge is -2.03. The van der Waals surface area contributed by atoms with Crippen molar-refractivity contribution in [1.29, 1.82) is 0 Å². The van der Waals surface area contributed by atoms with Crippen LogP contribution in [0.5, 0.6) is 0 Å². The van der Waals surface area contributed by atoms with Crippen LogP contribution in [-0.2, 0) is 6.54 Å². The van der Waals surface area contributed by atoms with Crippen LogP contribution in [0.25, 0.3) is 0 Å². The van der Waals surface area contributed by atoms with Gasteiger partial charge in [0.25, 0.3) is 0 Å². The van der Waals surface area contributed by atoms with E-state index in [1.165, 1.54) is 17.7 Å². The molecule has 0 spiro atoms. The molecule has 0 bridgehead atoms. The smallest absolute Gasteiger partial charge is 0.0420 e. The Morgan fingerprint density at radius 2 is 2.00 bits per heavy atom. The number of thioether (sulfide) groups is 1. The molecule has 13 heavy (non-hydrogen) atoms. The lowest BCUT2D eigenvalue weighted by atomic mass is 10.2. The molecule has 0 saturated carbocycles. The van der Waals surface area contributed by atoms with Gasteiger partial charge in [0.1, 0.15) is 0 Å². The van der Waals surface area contributed by atoms with Gasteiger partial charge in [0.15, 0.2) is 0 Å². The largest absolute Gasteiger partial charge is 0.304 e. The molecule has 0 atom stereocenters. The van der Waals surface area contributed by atoms with E-state index in [4.69, 9.17) is 0 Å². The second kappa shape index (κ2) is 6.98. The average Bonchev–Trinajstić information content (AvgIpc) is 2.19. The summed E-state index contributed by atoms with van der Waals surface area (Å²) in [5, 5.41) is 3.40. The summed E-state index contributed by atoms with van der Waals surface area (Å²) in [6.45, 7) is 3.20. The zero-order valence-corrected chi connectivity index (χ0v) is 8.94. The number of rotatable bonds is 6. The summed E-state index contributed by atoms with van der Waals surface area (Å²) in [4.78, 5) is 0. The molecule has 0 aliphatic rings. The molecule has 0 aromatic heterocycles. The van der Waals surface area contributed by atoms with Gasteiger partial charge >= 0.3 is 0 Å². The van der Waals surface area contributed by atoms with E-state index in [2.05, 4.69) is 42.6 Å². The van der Waals surface area contributed by atoms with Crippen molar-refractivity contribution in [1.82, 2.24) is 5.32 Å². The van der Waals surface area contributed by atoms with Crippen LogP contribution in [0.15, 0.2) is 30.3 Å². The molecule has 1 nitrogen and oxygen atoms in total. The van der Waals surface area contributed by atoms with E-state index in [1.54, 1.807) is 0 Å². The Bertz CT molecular complexity index is 211. The lowest BCUT2D eigenvalue weighted by molar-refractivity contribution is 0.795. The second-order valence-corrected chi connectivity index (χ2v) is 4.07. The van der Waals surface area contributed by atoms with Crippen LogP contribution in [0.2, 0.25) is 0 Å². The predicted octanol–water partition coefficient (Wildman–Crippen LogP) is 2.88. The molecule has 1 N–H and O–H groups in total. The predicted molar refractivity (Wildman–Crippen MR) is 60.9 cm³/mol. The van der Waals surface area contributed by atoms with E-state index < -0.39 is 0 Å². The Labute approximate surface area is 84.9 Å². The molecular formula is C11H17NS. The Hall–Kier alpha value is -0.470. The SMILES string of the molecule is CCCSCNCc1ccccc1. The second-order valence-electron chi connectivity index (χ2n) is 2.96. The molecule has 2 heteroatoms. The molecule has 1 aromatic rings. The molecular weight excluding hydrogens is 178 g/mol. The molecule has 0 aliphatic heterocycles. The normalized spacial score (nSPS) is 10.2. The van der Waals surface area contributed by atoms with Gasteiger partial charge in [-0.3, -0.25) is 0 Å². The fourth-order valence-electron chi connectivity index (χ4n) is 1.08. The van der Waals surface area contributed by atoms with Crippen molar-refractivity contribution in [3.8, 4) is 0 Å². The van der Waals surface area contributed by atoms with Crippen molar-refractivity contribution in [2.45, 2.75) is 19.9 Å². The van der Waals surface area contributed by atoms with Crippen LogP contribution >= 0.6 is 11.8 Å². The zero-order chi connectivity index (χ0) is 9.36. The zero-order valence-electron chi connectivity index (χ0n) is 8.12. The summed E-state index contributed by atoms with van der Waals surface area (Å²) in [5.41, 5.74) is 1.36. The van der Waals surface area contributed by atoms with E-state index in [0.717, 1.165) is 12.4 Å².